The fourth-order valence-electron chi connectivity index (χ4n) is 2.58. The zero-order valence-electron chi connectivity index (χ0n) is 15.4. The molecule has 3 aromatic rings. The van der Waals surface area contributed by atoms with Gasteiger partial charge in [0.1, 0.15) is 10.7 Å². The Hall–Kier alpha value is -2.55. The van der Waals surface area contributed by atoms with Gasteiger partial charge in [-0.3, -0.25) is 4.79 Å². The van der Waals surface area contributed by atoms with Gasteiger partial charge < -0.3 is 5.32 Å². The molecule has 8 heteroatoms. The summed E-state index contributed by atoms with van der Waals surface area (Å²) in [6.45, 7) is 0.801. The zero-order chi connectivity index (χ0) is 20.0. The standard InChI is InChI=1S/C20H21N3O3S2/c1-28(25,26)23(13-17-10-6-3-7-11-17)14-19-22-18(15-27-19)20(24)21-12-16-8-4-2-5-9-16/h2-11,15H,12-14H2,1H3,(H,21,24). The number of aromatic nitrogens is 1. The number of rotatable bonds is 8. The second-order valence-electron chi connectivity index (χ2n) is 6.31. The number of thiazole rings is 1. The summed E-state index contributed by atoms with van der Waals surface area (Å²) in [5.74, 6) is -0.277. The average molecular weight is 416 g/mol. The van der Waals surface area contributed by atoms with E-state index >= 15 is 0 Å². The maximum atomic E-state index is 12.3. The Morgan fingerprint density at radius 3 is 2.21 bits per heavy atom. The fourth-order valence-corrected chi connectivity index (χ4v) is 4.20. The molecule has 28 heavy (non-hydrogen) atoms. The highest BCUT2D eigenvalue weighted by atomic mass is 32.2. The molecule has 2 aromatic carbocycles. The van der Waals surface area contributed by atoms with Gasteiger partial charge in [0.15, 0.2) is 0 Å². The number of sulfonamides is 1. The molecule has 0 aliphatic rings. The molecule has 0 fully saturated rings. The fraction of sp³-hybridized carbons (Fsp3) is 0.200. The van der Waals surface area contributed by atoms with Crippen molar-refractivity contribution < 1.29 is 13.2 Å². The van der Waals surface area contributed by atoms with Crippen LogP contribution in [-0.4, -0.2) is 29.9 Å². The Bertz CT molecular complexity index is 1020. The highest BCUT2D eigenvalue weighted by molar-refractivity contribution is 7.88. The van der Waals surface area contributed by atoms with Crippen molar-refractivity contribution in [3.8, 4) is 0 Å². The van der Waals surface area contributed by atoms with Crippen LogP contribution in [0.2, 0.25) is 0 Å². The highest BCUT2D eigenvalue weighted by Crippen LogP contribution is 2.17. The first-order valence-electron chi connectivity index (χ1n) is 8.67. The van der Waals surface area contributed by atoms with Crippen LogP contribution in [0.1, 0.15) is 26.6 Å². The van der Waals surface area contributed by atoms with Gasteiger partial charge in [-0.1, -0.05) is 60.7 Å². The minimum absolute atomic E-state index is 0.129. The molecule has 0 aliphatic carbocycles. The Morgan fingerprint density at radius 1 is 1.00 bits per heavy atom. The van der Waals surface area contributed by atoms with E-state index in [1.54, 1.807) is 5.38 Å². The van der Waals surface area contributed by atoms with Crippen molar-refractivity contribution in [2.75, 3.05) is 6.26 Å². The second-order valence-corrected chi connectivity index (χ2v) is 9.24. The first-order valence-corrected chi connectivity index (χ1v) is 11.4. The molecule has 0 aliphatic heterocycles. The number of carbonyl (C=O) groups excluding carboxylic acids is 1. The third kappa shape index (κ3) is 5.72. The van der Waals surface area contributed by atoms with Crippen LogP contribution in [0.4, 0.5) is 0 Å². The van der Waals surface area contributed by atoms with E-state index in [9.17, 15) is 13.2 Å². The van der Waals surface area contributed by atoms with Gasteiger partial charge in [-0.05, 0) is 11.1 Å². The summed E-state index contributed by atoms with van der Waals surface area (Å²) in [6, 6.07) is 19.0. The largest absolute Gasteiger partial charge is 0.347 e. The highest BCUT2D eigenvalue weighted by Gasteiger charge is 2.20. The number of amides is 1. The van der Waals surface area contributed by atoms with E-state index in [2.05, 4.69) is 10.3 Å². The molecule has 0 unspecified atom stereocenters. The number of hydrogen-bond acceptors (Lipinski definition) is 5. The van der Waals surface area contributed by atoms with Crippen molar-refractivity contribution in [2.24, 2.45) is 0 Å². The SMILES string of the molecule is CS(=O)(=O)N(Cc1ccccc1)Cc1nc(C(=O)NCc2ccccc2)cs1. The number of hydrogen-bond donors (Lipinski definition) is 1. The molecule has 1 amide bonds. The molecule has 0 spiro atoms. The molecule has 0 saturated heterocycles. The van der Waals surface area contributed by atoms with Crippen LogP contribution in [0, 0.1) is 0 Å². The lowest BCUT2D eigenvalue weighted by Crippen LogP contribution is -2.29. The van der Waals surface area contributed by atoms with Crippen molar-refractivity contribution in [1.29, 1.82) is 0 Å². The summed E-state index contributed by atoms with van der Waals surface area (Å²) in [4.78, 5) is 16.6. The molecule has 146 valence electrons. The summed E-state index contributed by atoms with van der Waals surface area (Å²) in [5, 5.41) is 5.05. The summed E-state index contributed by atoms with van der Waals surface area (Å²) in [6.07, 6.45) is 1.18. The Kier molecular flexibility index (Phi) is 6.56. The monoisotopic (exact) mass is 415 g/mol. The first-order chi connectivity index (χ1) is 13.4. The Balaban J connectivity index is 1.65. The van der Waals surface area contributed by atoms with E-state index in [-0.39, 0.29) is 19.0 Å². The van der Waals surface area contributed by atoms with E-state index < -0.39 is 10.0 Å². The predicted octanol–water partition coefficient (Wildman–Crippen LogP) is 3.03. The molecule has 1 heterocycles. The summed E-state index contributed by atoms with van der Waals surface area (Å²) >= 11 is 1.28. The lowest BCUT2D eigenvalue weighted by molar-refractivity contribution is 0.0946. The molecular weight excluding hydrogens is 394 g/mol. The maximum absolute atomic E-state index is 12.3. The van der Waals surface area contributed by atoms with Gasteiger partial charge >= 0.3 is 0 Å². The van der Waals surface area contributed by atoms with Gasteiger partial charge in [-0.25, -0.2) is 13.4 Å². The van der Waals surface area contributed by atoms with Crippen LogP contribution in [0.3, 0.4) is 0 Å². The molecular formula is C20H21N3O3S2. The van der Waals surface area contributed by atoms with Crippen molar-refractivity contribution in [3.05, 3.63) is 87.9 Å². The smallest absolute Gasteiger partial charge is 0.271 e. The quantitative estimate of drug-likeness (QED) is 0.613. The van der Waals surface area contributed by atoms with E-state index in [1.807, 2.05) is 60.7 Å². The van der Waals surface area contributed by atoms with Gasteiger partial charge in [0.25, 0.3) is 5.91 Å². The summed E-state index contributed by atoms with van der Waals surface area (Å²) in [5.41, 5.74) is 2.19. The molecule has 0 atom stereocenters. The topological polar surface area (TPSA) is 79.4 Å². The molecule has 0 radical (unpaired) electrons. The first kappa shape index (κ1) is 20.2. The molecule has 1 N–H and O–H groups in total. The van der Waals surface area contributed by atoms with E-state index in [0.29, 0.717) is 17.2 Å². The van der Waals surface area contributed by atoms with Crippen molar-refractivity contribution in [2.45, 2.75) is 19.6 Å². The minimum atomic E-state index is -3.42. The van der Waals surface area contributed by atoms with Crippen LogP contribution in [0.5, 0.6) is 0 Å². The number of benzene rings is 2. The Morgan fingerprint density at radius 2 is 1.61 bits per heavy atom. The second kappa shape index (κ2) is 9.09. The van der Waals surface area contributed by atoms with Crippen LogP contribution in [-0.2, 0) is 29.7 Å². The van der Waals surface area contributed by atoms with Gasteiger partial charge in [0.05, 0.1) is 12.8 Å². The van der Waals surface area contributed by atoms with Gasteiger partial charge in [-0.2, -0.15) is 4.31 Å². The van der Waals surface area contributed by atoms with Crippen molar-refractivity contribution >= 4 is 27.3 Å². The lowest BCUT2D eigenvalue weighted by atomic mass is 10.2. The van der Waals surface area contributed by atoms with E-state index in [1.165, 1.54) is 21.9 Å². The third-order valence-corrected chi connectivity index (χ3v) is 6.09. The van der Waals surface area contributed by atoms with E-state index in [4.69, 9.17) is 0 Å². The zero-order valence-corrected chi connectivity index (χ0v) is 17.0. The number of carbonyl (C=O) groups is 1. The summed E-state index contributed by atoms with van der Waals surface area (Å²) in [7, 11) is -3.42. The van der Waals surface area contributed by atoms with Crippen LogP contribution >= 0.6 is 11.3 Å². The van der Waals surface area contributed by atoms with Crippen LogP contribution < -0.4 is 5.32 Å². The van der Waals surface area contributed by atoms with E-state index in [0.717, 1.165) is 11.1 Å². The van der Waals surface area contributed by atoms with Gasteiger partial charge in [0, 0.05) is 18.5 Å². The van der Waals surface area contributed by atoms with Crippen LogP contribution in [0.15, 0.2) is 66.0 Å². The molecule has 1 aromatic heterocycles. The third-order valence-electron chi connectivity index (χ3n) is 4.06. The maximum Gasteiger partial charge on any atom is 0.271 e. The van der Waals surface area contributed by atoms with Crippen molar-refractivity contribution in [1.82, 2.24) is 14.6 Å². The minimum Gasteiger partial charge on any atom is -0.347 e. The van der Waals surface area contributed by atoms with Crippen LogP contribution in [0.25, 0.3) is 0 Å². The van der Waals surface area contributed by atoms with Gasteiger partial charge in [0.2, 0.25) is 10.0 Å². The normalized spacial score (nSPS) is 11.5. The van der Waals surface area contributed by atoms with Gasteiger partial charge in [-0.15, -0.1) is 11.3 Å². The number of nitrogens with one attached hydrogen (secondary N) is 1. The summed E-state index contributed by atoms with van der Waals surface area (Å²) < 4.78 is 25.7. The molecule has 0 saturated carbocycles. The number of nitrogens with zero attached hydrogens (tertiary/aromatic N) is 2. The lowest BCUT2D eigenvalue weighted by Gasteiger charge is -2.18. The molecule has 3 rings (SSSR count). The molecule has 0 bridgehead atoms. The van der Waals surface area contributed by atoms with Crippen molar-refractivity contribution in [3.63, 3.8) is 0 Å². The average Bonchev–Trinajstić information content (AvgIpc) is 3.15. The Labute approximate surface area is 168 Å². The molecule has 6 nitrogen and oxygen atoms in total. The predicted molar refractivity (Wildman–Crippen MR) is 110 cm³/mol.